The summed E-state index contributed by atoms with van der Waals surface area (Å²) in [6.07, 6.45) is 2.17. The molecule has 24 heavy (non-hydrogen) atoms. The second-order valence-corrected chi connectivity index (χ2v) is 5.86. The Bertz CT molecular complexity index is 832. The number of hydrogen-bond acceptors (Lipinski definition) is 4. The number of aryl methyl sites for hydroxylation is 1. The number of fused-ring (bicyclic) bond motifs is 1. The number of nitrogens with zero attached hydrogens (tertiary/aromatic N) is 3. The summed E-state index contributed by atoms with van der Waals surface area (Å²) in [4.78, 5) is 25.5. The highest BCUT2D eigenvalue weighted by Gasteiger charge is 2.28. The minimum Gasteiger partial charge on any atom is -0.347 e. The molecule has 2 heterocycles. The van der Waals surface area contributed by atoms with E-state index in [0.717, 1.165) is 29.0 Å². The minimum absolute atomic E-state index is 0.120. The van der Waals surface area contributed by atoms with Crippen LogP contribution in [0.4, 0.5) is 4.39 Å². The van der Waals surface area contributed by atoms with Gasteiger partial charge in [-0.1, -0.05) is 19.1 Å². The lowest BCUT2D eigenvalue weighted by molar-refractivity contribution is 0.0944. The van der Waals surface area contributed by atoms with Gasteiger partial charge in [-0.3, -0.25) is 9.79 Å². The zero-order valence-corrected chi connectivity index (χ0v) is 13.9. The Labute approximate surface area is 140 Å². The molecule has 5 nitrogen and oxygen atoms in total. The van der Waals surface area contributed by atoms with E-state index in [2.05, 4.69) is 20.3 Å². The van der Waals surface area contributed by atoms with Crippen molar-refractivity contribution < 1.29 is 9.18 Å². The van der Waals surface area contributed by atoms with Crippen molar-refractivity contribution in [3.63, 3.8) is 0 Å². The van der Waals surface area contributed by atoms with Crippen molar-refractivity contribution in [1.29, 1.82) is 0 Å². The lowest BCUT2D eigenvalue weighted by atomic mass is 10.0. The predicted molar refractivity (Wildman–Crippen MR) is 89.6 cm³/mol. The Morgan fingerprint density at radius 2 is 2.12 bits per heavy atom. The van der Waals surface area contributed by atoms with Crippen LogP contribution < -0.4 is 5.32 Å². The summed E-state index contributed by atoms with van der Waals surface area (Å²) < 4.78 is 13.3. The average molecular weight is 326 g/mol. The van der Waals surface area contributed by atoms with E-state index in [4.69, 9.17) is 0 Å². The molecule has 1 N–H and O–H groups in total. The van der Waals surface area contributed by atoms with E-state index in [1.807, 2.05) is 13.8 Å². The quantitative estimate of drug-likeness (QED) is 0.938. The Morgan fingerprint density at radius 1 is 1.33 bits per heavy atom. The van der Waals surface area contributed by atoms with Gasteiger partial charge in [0.1, 0.15) is 17.8 Å². The zero-order chi connectivity index (χ0) is 17.3. The zero-order valence-electron chi connectivity index (χ0n) is 13.9. The first kappa shape index (κ1) is 16.2. The predicted octanol–water partition coefficient (Wildman–Crippen LogP) is 3.13. The van der Waals surface area contributed by atoms with Crippen molar-refractivity contribution in [1.82, 2.24) is 15.3 Å². The minimum atomic E-state index is -0.268. The first-order valence-electron chi connectivity index (χ1n) is 7.96. The van der Waals surface area contributed by atoms with Crippen LogP contribution in [0.2, 0.25) is 0 Å². The summed E-state index contributed by atoms with van der Waals surface area (Å²) in [6, 6.07) is 4.67. The smallest absolute Gasteiger partial charge is 0.270 e. The van der Waals surface area contributed by atoms with Crippen molar-refractivity contribution in [2.75, 3.05) is 0 Å². The van der Waals surface area contributed by atoms with Crippen molar-refractivity contribution in [2.24, 2.45) is 4.99 Å². The van der Waals surface area contributed by atoms with Crippen LogP contribution in [0.1, 0.15) is 59.2 Å². The van der Waals surface area contributed by atoms with Gasteiger partial charge in [0, 0.05) is 12.1 Å². The van der Waals surface area contributed by atoms with Gasteiger partial charge >= 0.3 is 0 Å². The molecule has 1 amide bonds. The third-order valence-electron chi connectivity index (χ3n) is 4.15. The standard InChI is InChI=1S/C18H19FN4O/c1-4-14-16-15(11(3)23-14)17(22-9-21-16)18(24)20-8-12-5-6-13(19)10(2)7-12/h5-7,9,11H,4,8H2,1-3H3,(H,20,24). The van der Waals surface area contributed by atoms with Gasteiger partial charge in [-0.15, -0.1) is 0 Å². The molecule has 1 aromatic heterocycles. The number of carbonyl (C=O) groups excluding carboxylic acids is 1. The van der Waals surface area contributed by atoms with Crippen molar-refractivity contribution in [3.05, 3.63) is 58.4 Å². The molecule has 0 aliphatic carbocycles. The molecule has 1 aromatic carbocycles. The van der Waals surface area contributed by atoms with Crippen LogP contribution >= 0.6 is 0 Å². The van der Waals surface area contributed by atoms with Crippen molar-refractivity contribution >= 4 is 11.6 Å². The first-order valence-corrected chi connectivity index (χ1v) is 7.96. The van der Waals surface area contributed by atoms with Crippen LogP contribution in [0.15, 0.2) is 29.5 Å². The molecule has 3 rings (SSSR count). The molecule has 0 fully saturated rings. The van der Waals surface area contributed by atoms with E-state index in [-0.39, 0.29) is 17.8 Å². The number of benzene rings is 1. The molecule has 1 atom stereocenters. The average Bonchev–Trinajstić information content (AvgIpc) is 2.92. The van der Waals surface area contributed by atoms with E-state index in [9.17, 15) is 9.18 Å². The van der Waals surface area contributed by atoms with Crippen LogP contribution in [-0.2, 0) is 6.54 Å². The fraction of sp³-hybridized carbons (Fsp3) is 0.333. The molecule has 0 bridgehead atoms. The number of hydrogen-bond donors (Lipinski definition) is 1. The molecule has 2 aromatic rings. The van der Waals surface area contributed by atoms with Crippen LogP contribution in [0.25, 0.3) is 0 Å². The van der Waals surface area contributed by atoms with E-state index in [0.29, 0.717) is 17.8 Å². The number of halogens is 1. The number of aliphatic imine (C=N–C) groups is 1. The van der Waals surface area contributed by atoms with Crippen LogP contribution in [0.5, 0.6) is 0 Å². The summed E-state index contributed by atoms with van der Waals surface area (Å²) in [5.41, 5.74) is 4.21. The van der Waals surface area contributed by atoms with Gasteiger partial charge in [0.15, 0.2) is 0 Å². The Hall–Kier alpha value is -2.63. The molecule has 0 saturated heterocycles. The number of carbonyl (C=O) groups is 1. The van der Waals surface area contributed by atoms with Gasteiger partial charge in [0.2, 0.25) is 0 Å². The Kier molecular flexibility index (Phi) is 4.38. The molecule has 1 aliphatic rings. The van der Waals surface area contributed by atoms with E-state index in [1.165, 1.54) is 12.4 Å². The molecule has 1 aliphatic heterocycles. The molecule has 0 spiro atoms. The van der Waals surface area contributed by atoms with Gasteiger partial charge in [-0.2, -0.15) is 0 Å². The molecular formula is C18H19FN4O. The lowest BCUT2D eigenvalue weighted by Crippen LogP contribution is -2.26. The highest BCUT2D eigenvalue weighted by atomic mass is 19.1. The second kappa shape index (κ2) is 6.47. The SMILES string of the molecule is CCC1=NC(C)c2c(C(=O)NCc3ccc(F)c(C)c3)ncnc21. The number of aromatic nitrogens is 2. The van der Waals surface area contributed by atoms with Gasteiger partial charge in [0.25, 0.3) is 5.91 Å². The maximum atomic E-state index is 13.3. The van der Waals surface area contributed by atoms with Crippen LogP contribution in [0.3, 0.4) is 0 Å². The van der Waals surface area contributed by atoms with Gasteiger partial charge < -0.3 is 5.32 Å². The molecular weight excluding hydrogens is 307 g/mol. The normalized spacial score (nSPS) is 15.8. The van der Waals surface area contributed by atoms with Gasteiger partial charge in [-0.25, -0.2) is 14.4 Å². The van der Waals surface area contributed by atoms with Crippen LogP contribution in [0, 0.1) is 12.7 Å². The molecule has 0 saturated carbocycles. The summed E-state index contributed by atoms with van der Waals surface area (Å²) in [5, 5.41) is 2.84. The fourth-order valence-electron chi connectivity index (χ4n) is 2.90. The highest BCUT2D eigenvalue weighted by molar-refractivity contribution is 6.05. The molecule has 0 radical (unpaired) electrons. The summed E-state index contributed by atoms with van der Waals surface area (Å²) in [6.45, 7) is 5.96. The summed E-state index contributed by atoms with van der Waals surface area (Å²) >= 11 is 0. The maximum Gasteiger partial charge on any atom is 0.270 e. The third-order valence-corrected chi connectivity index (χ3v) is 4.15. The first-order chi connectivity index (χ1) is 11.5. The summed E-state index contributed by atoms with van der Waals surface area (Å²) in [5.74, 6) is -0.521. The number of amides is 1. The van der Waals surface area contributed by atoms with E-state index < -0.39 is 0 Å². The van der Waals surface area contributed by atoms with Gasteiger partial charge in [-0.05, 0) is 37.5 Å². The maximum absolute atomic E-state index is 13.3. The Balaban J connectivity index is 1.79. The lowest BCUT2D eigenvalue weighted by Gasteiger charge is -2.11. The topological polar surface area (TPSA) is 67.2 Å². The van der Waals surface area contributed by atoms with E-state index in [1.54, 1.807) is 19.1 Å². The molecule has 124 valence electrons. The molecule has 6 heteroatoms. The third kappa shape index (κ3) is 2.91. The number of nitrogens with one attached hydrogen (secondary N) is 1. The second-order valence-electron chi connectivity index (χ2n) is 5.86. The molecule has 1 unspecified atom stereocenters. The highest BCUT2D eigenvalue weighted by Crippen LogP contribution is 2.30. The van der Waals surface area contributed by atoms with Gasteiger partial charge in [0.05, 0.1) is 17.4 Å². The Morgan fingerprint density at radius 3 is 2.83 bits per heavy atom. The fourth-order valence-corrected chi connectivity index (χ4v) is 2.90. The largest absolute Gasteiger partial charge is 0.347 e. The monoisotopic (exact) mass is 326 g/mol. The van der Waals surface area contributed by atoms with E-state index >= 15 is 0 Å². The number of rotatable bonds is 4. The van der Waals surface area contributed by atoms with Crippen molar-refractivity contribution in [2.45, 2.75) is 39.8 Å². The summed E-state index contributed by atoms with van der Waals surface area (Å²) in [7, 11) is 0. The van der Waals surface area contributed by atoms with Crippen molar-refractivity contribution in [3.8, 4) is 0 Å². The van der Waals surface area contributed by atoms with Crippen LogP contribution in [-0.4, -0.2) is 21.6 Å².